The zero-order valence-electron chi connectivity index (χ0n) is 13.3. The van der Waals surface area contributed by atoms with Crippen molar-refractivity contribution in [2.75, 3.05) is 36.4 Å². The van der Waals surface area contributed by atoms with E-state index < -0.39 is 0 Å². The summed E-state index contributed by atoms with van der Waals surface area (Å²) in [4.78, 5) is 15.8. The summed E-state index contributed by atoms with van der Waals surface area (Å²) in [5, 5.41) is 11.8. The van der Waals surface area contributed by atoms with E-state index in [9.17, 15) is 4.79 Å². The van der Waals surface area contributed by atoms with Gasteiger partial charge in [0.25, 0.3) is 0 Å². The summed E-state index contributed by atoms with van der Waals surface area (Å²) < 4.78 is 0. The number of hydrogen-bond donors (Lipinski definition) is 1. The molecule has 2 heterocycles. The maximum atomic E-state index is 11.7. The molecule has 6 nitrogen and oxygen atoms in total. The zero-order chi connectivity index (χ0) is 16.1. The van der Waals surface area contributed by atoms with E-state index in [-0.39, 0.29) is 5.91 Å². The number of carbonyl (C=O) groups is 1. The molecule has 1 amide bonds. The van der Waals surface area contributed by atoms with E-state index >= 15 is 0 Å². The van der Waals surface area contributed by atoms with Crippen LogP contribution in [0.4, 0.5) is 17.3 Å². The Morgan fingerprint density at radius 1 is 1.04 bits per heavy atom. The average Bonchev–Trinajstić information content (AvgIpc) is 2.63. The fourth-order valence-corrected chi connectivity index (χ4v) is 2.64. The molecule has 1 aliphatic rings. The number of rotatable bonds is 4. The van der Waals surface area contributed by atoms with E-state index in [1.165, 1.54) is 0 Å². The Hall–Kier alpha value is -2.63. The van der Waals surface area contributed by atoms with Crippen LogP contribution in [0.15, 0.2) is 42.5 Å². The summed E-state index contributed by atoms with van der Waals surface area (Å²) in [6, 6.07) is 13.8. The van der Waals surface area contributed by atoms with E-state index in [1.807, 2.05) is 54.3 Å². The molecule has 0 saturated carbocycles. The molecular weight excluding hydrogens is 290 g/mol. The van der Waals surface area contributed by atoms with Crippen LogP contribution in [0, 0.1) is 0 Å². The number of carbonyl (C=O) groups excluding carboxylic acids is 1. The molecule has 2 aromatic rings. The second-order valence-corrected chi connectivity index (χ2v) is 5.49. The molecule has 1 aromatic heterocycles. The number of amides is 1. The number of para-hydroxylation sites is 1. The van der Waals surface area contributed by atoms with Crippen molar-refractivity contribution >= 4 is 23.2 Å². The van der Waals surface area contributed by atoms with Gasteiger partial charge in [-0.2, -0.15) is 0 Å². The third-order valence-corrected chi connectivity index (χ3v) is 3.96. The van der Waals surface area contributed by atoms with Crippen LogP contribution in [0.25, 0.3) is 0 Å². The molecule has 1 N–H and O–H groups in total. The summed E-state index contributed by atoms with van der Waals surface area (Å²) in [7, 11) is 0. The van der Waals surface area contributed by atoms with Gasteiger partial charge in [0.15, 0.2) is 11.6 Å². The van der Waals surface area contributed by atoms with Gasteiger partial charge in [-0.3, -0.25) is 4.79 Å². The lowest BCUT2D eigenvalue weighted by Gasteiger charge is -2.35. The highest BCUT2D eigenvalue weighted by atomic mass is 16.2. The quantitative estimate of drug-likeness (QED) is 0.938. The summed E-state index contributed by atoms with van der Waals surface area (Å²) in [6.45, 7) is 4.99. The Kier molecular flexibility index (Phi) is 4.71. The van der Waals surface area contributed by atoms with E-state index in [1.54, 1.807) is 0 Å². The van der Waals surface area contributed by atoms with Gasteiger partial charge >= 0.3 is 0 Å². The van der Waals surface area contributed by atoms with Crippen molar-refractivity contribution in [1.82, 2.24) is 15.1 Å². The van der Waals surface area contributed by atoms with Crippen molar-refractivity contribution in [2.24, 2.45) is 0 Å². The van der Waals surface area contributed by atoms with E-state index in [4.69, 9.17) is 0 Å². The van der Waals surface area contributed by atoms with E-state index in [0.29, 0.717) is 6.42 Å². The minimum absolute atomic E-state index is 0.221. The van der Waals surface area contributed by atoms with Gasteiger partial charge in [0.1, 0.15) is 0 Å². The molecule has 23 heavy (non-hydrogen) atoms. The molecule has 120 valence electrons. The largest absolute Gasteiger partial charge is 0.352 e. The molecule has 6 heteroatoms. The molecule has 1 saturated heterocycles. The topological polar surface area (TPSA) is 61.4 Å². The summed E-state index contributed by atoms with van der Waals surface area (Å²) in [5.41, 5.74) is 0.987. The first kappa shape index (κ1) is 15.3. The molecule has 0 radical (unpaired) electrons. The molecule has 0 spiro atoms. The van der Waals surface area contributed by atoms with E-state index in [0.717, 1.165) is 43.5 Å². The maximum Gasteiger partial charge on any atom is 0.222 e. The molecule has 1 fully saturated rings. The summed E-state index contributed by atoms with van der Waals surface area (Å²) in [5.74, 6) is 1.80. The zero-order valence-corrected chi connectivity index (χ0v) is 13.3. The number of nitrogens with one attached hydrogen (secondary N) is 1. The Labute approximate surface area is 136 Å². The van der Waals surface area contributed by atoms with Crippen LogP contribution in [0.2, 0.25) is 0 Å². The van der Waals surface area contributed by atoms with E-state index in [2.05, 4.69) is 20.4 Å². The first-order valence-electron chi connectivity index (χ1n) is 7.95. The molecule has 0 aliphatic carbocycles. The monoisotopic (exact) mass is 311 g/mol. The lowest BCUT2D eigenvalue weighted by atomic mass is 10.3. The van der Waals surface area contributed by atoms with Gasteiger partial charge in [0.05, 0.1) is 0 Å². The molecule has 0 unspecified atom stereocenters. The van der Waals surface area contributed by atoms with Gasteiger partial charge < -0.3 is 15.1 Å². The minimum atomic E-state index is 0.221. The van der Waals surface area contributed by atoms with Crippen LogP contribution in [0.1, 0.15) is 13.3 Å². The smallest absolute Gasteiger partial charge is 0.222 e. The molecule has 0 bridgehead atoms. The highest BCUT2D eigenvalue weighted by Gasteiger charge is 2.20. The normalized spacial score (nSPS) is 14.7. The number of hydrogen-bond acceptors (Lipinski definition) is 5. The summed E-state index contributed by atoms with van der Waals surface area (Å²) >= 11 is 0. The molecule has 0 atom stereocenters. The van der Waals surface area contributed by atoms with Crippen molar-refractivity contribution in [2.45, 2.75) is 13.3 Å². The lowest BCUT2D eigenvalue weighted by molar-refractivity contribution is -0.131. The molecule has 3 rings (SSSR count). The fourth-order valence-electron chi connectivity index (χ4n) is 2.64. The van der Waals surface area contributed by atoms with Crippen LogP contribution in [-0.4, -0.2) is 47.2 Å². The molecule has 1 aromatic carbocycles. The van der Waals surface area contributed by atoms with Crippen molar-refractivity contribution < 1.29 is 4.79 Å². The van der Waals surface area contributed by atoms with Gasteiger partial charge in [-0.05, 0) is 24.3 Å². The SMILES string of the molecule is CCC(=O)N1CCN(c2ccc(Nc3ccccc3)nn2)CC1. The van der Waals surface area contributed by atoms with Gasteiger partial charge in [-0.1, -0.05) is 25.1 Å². The van der Waals surface area contributed by atoms with Gasteiger partial charge in [0, 0.05) is 38.3 Å². The van der Waals surface area contributed by atoms with Crippen LogP contribution in [0.3, 0.4) is 0 Å². The number of piperazine rings is 1. The van der Waals surface area contributed by atoms with Crippen LogP contribution >= 0.6 is 0 Å². The highest BCUT2D eigenvalue weighted by molar-refractivity contribution is 5.76. The Morgan fingerprint density at radius 2 is 1.78 bits per heavy atom. The van der Waals surface area contributed by atoms with Gasteiger partial charge in [-0.15, -0.1) is 10.2 Å². The Balaban J connectivity index is 1.59. The van der Waals surface area contributed by atoms with Gasteiger partial charge in [-0.25, -0.2) is 0 Å². The number of anilines is 3. The second kappa shape index (κ2) is 7.09. The van der Waals surface area contributed by atoms with Crippen molar-refractivity contribution in [3.05, 3.63) is 42.5 Å². The number of benzene rings is 1. The Bertz CT molecular complexity index is 636. The predicted molar refractivity (Wildman–Crippen MR) is 90.8 cm³/mol. The number of aromatic nitrogens is 2. The predicted octanol–water partition coefficient (Wildman–Crippen LogP) is 2.28. The molecular formula is C17H21N5O. The summed E-state index contributed by atoms with van der Waals surface area (Å²) in [6.07, 6.45) is 0.569. The van der Waals surface area contributed by atoms with Crippen LogP contribution in [-0.2, 0) is 4.79 Å². The third kappa shape index (κ3) is 3.77. The highest BCUT2D eigenvalue weighted by Crippen LogP contribution is 2.17. The van der Waals surface area contributed by atoms with Crippen LogP contribution in [0.5, 0.6) is 0 Å². The van der Waals surface area contributed by atoms with Crippen LogP contribution < -0.4 is 10.2 Å². The Morgan fingerprint density at radius 3 is 2.39 bits per heavy atom. The van der Waals surface area contributed by atoms with Crippen molar-refractivity contribution in [3.63, 3.8) is 0 Å². The molecule has 1 aliphatic heterocycles. The average molecular weight is 311 g/mol. The van der Waals surface area contributed by atoms with Crippen molar-refractivity contribution in [3.8, 4) is 0 Å². The first-order chi connectivity index (χ1) is 11.3. The van der Waals surface area contributed by atoms with Gasteiger partial charge in [0.2, 0.25) is 5.91 Å². The minimum Gasteiger partial charge on any atom is -0.352 e. The second-order valence-electron chi connectivity index (χ2n) is 5.49. The van der Waals surface area contributed by atoms with Crippen molar-refractivity contribution in [1.29, 1.82) is 0 Å². The first-order valence-corrected chi connectivity index (χ1v) is 7.95. The standard InChI is InChI=1S/C17H21N5O/c1-2-17(23)22-12-10-21(11-13-22)16-9-8-15(19-20-16)18-14-6-4-3-5-7-14/h3-9H,2,10-13H2,1H3,(H,18,19). The fraction of sp³-hybridized carbons (Fsp3) is 0.353. The third-order valence-electron chi connectivity index (χ3n) is 3.96. The lowest BCUT2D eigenvalue weighted by Crippen LogP contribution is -2.48. The number of nitrogens with zero attached hydrogens (tertiary/aromatic N) is 4. The maximum absolute atomic E-state index is 11.7.